The molecule has 104 valence electrons. The van der Waals surface area contributed by atoms with Crippen LogP contribution in [0.2, 0.25) is 0 Å². The molecule has 0 saturated carbocycles. The third-order valence-corrected chi connectivity index (χ3v) is 3.03. The van der Waals surface area contributed by atoms with Crippen molar-refractivity contribution in [2.24, 2.45) is 0 Å². The molecule has 2 N–H and O–H groups in total. The maximum Gasteiger partial charge on any atom is 0.290 e. The van der Waals surface area contributed by atoms with Crippen LogP contribution in [-0.2, 0) is 0 Å². The fourth-order valence-electron chi connectivity index (χ4n) is 1.96. The smallest absolute Gasteiger partial charge is 0.290 e. The highest BCUT2D eigenvalue weighted by Crippen LogP contribution is 2.24. The zero-order valence-electron chi connectivity index (χ0n) is 11.1. The van der Waals surface area contributed by atoms with Gasteiger partial charge in [-0.05, 0) is 54.1 Å². The lowest BCUT2D eigenvalue weighted by Gasteiger charge is -2.07. The summed E-state index contributed by atoms with van der Waals surface area (Å²) in [7, 11) is 0. The van der Waals surface area contributed by atoms with Gasteiger partial charge in [0, 0.05) is 5.69 Å². The van der Waals surface area contributed by atoms with Gasteiger partial charge in [-0.1, -0.05) is 18.2 Å². The quantitative estimate of drug-likeness (QED) is 0.770. The lowest BCUT2D eigenvalue weighted by atomic mass is 10.1. The Hall–Kier alpha value is -3.01. The van der Waals surface area contributed by atoms with Gasteiger partial charge >= 0.3 is 0 Å². The van der Waals surface area contributed by atoms with Crippen molar-refractivity contribution in [3.05, 3.63) is 77.1 Å². The summed E-state index contributed by atoms with van der Waals surface area (Å²) in [6.07, 6.45) is 0. The summed E-state index contributed by atoms with van der Waals surface area (Å²) in [5.74, 6) is 1.19. The summed E-state index contributed by atoms with van der Waals surface area (Å²) >= 11 is 0. The van der Waals surface area contributed by atoms with Gasteiger partial charge in [0.15, 0.2) is 5.75 Å². The van der Waals surface area contributed by atoms with Crippen LogP contribution >= 0.6 is 0 Å². The van der Waals surface area contributed by atoms with E-state index < -0.39 is 5.56 Å². The summed E-state index contributed by atoms with van der Waals surface area (Å²) in [5, 5.41) is 9.24. The lowest BCUT2D eigenvalue weighted by molar-refractivity contribution is 0.467. The molecule has 0 amide bonds. The van der Waals surface area contributed by atoms with E-state index in [9.17, 15) is 9.90 Å². The van der Waals surface area contributed by atoms with Crippen LogP contribution in [0.1, 0.15) is 0 Å². The van der Waals surface area contributed by atoms with E-state index in [0.717, 1.165) is 11.3 Å². The van der Waals surface area contributed by atoms with E-state index in [1.807, 2.05) is 54.6 Å². The number of aromatic amines is 1. The van der Waals surface area contributed by atoms with Crippen LogP contribution in [-0.4, -0.2) is 10.1 Å². The van der Waals surface area contributed by atoms with Gasteiger partial charge in [0.25, 0.3) is 5.56 Å². The van der Waals surface area contributed by atoms with Gasteiger partial charge in [-0.2, -0.15) is 0 Å². The first-order valence-corrected chi connectivity index (χ1v) is 6.48. The molecule has 0 atom stereocenters. The number of para-hydroxylation sites is 1. The van der Waals surface area contributed by atoms with Crippen LogP contribution in [0.25, 0.3) is 11.3 Å². The first-order valence-electron chi connectivity index (χ1n) is 6.48. The molecular formula is C17H13NO3. The molecule has 0 fully saturated rings. The molecule has 0 radical (unpaired) electrons. The second-order valence-corrected chi connectivity index (χ2v) is 4.53. The number of H-pyrrole nitrogens is 1. The molecule has 0 aliphatic rings. The average Bonchev–Trinajstić information content (AvgIpc) is 2.52. The van der Waals surface area contributed by atoms with Crippen molar-refractivity contribution in [2.45, 2.75) is 0 Å². The molecule has 2 aromatic carbocycles. The van der Waals surface area contributed by atoms with E-state index in [1.165, 1.54) is 6.07 Å². The summed E-state index contributed by atoms with van der Waals surface area (Å²) in [5.41, 5.74) is 0.980. The predicted octanol–water partition coefficient (Wildman–Crippen LogP) is 3.54. The van der Waals surface area contributed by atoms with Crippen LogP contribution in [0.15, 0.2) is 71.5 Å². The van der Waals surface area contributed by atoms with Crippen molar-refractivity contribution < 1.29 is 9.84 Å². The summed E-state index contributed by atoms with van der Waals surface area (Å²) in [6.45, 7) is 0. The Bertz CT molecular complexity index is 792. The van der Waals surface area contributed by atoms with Gasteiger partial charge < -0.3 is 14.8 Å². The largest absolute Gasteiger partial charge is 0.503 e. The van der Waals surface area contributed by atoms with Crippen molar-refractivity contribution in [1.29, 1.82) is 0 Å². The highest BCUT2D eigenvalue weighted by atomic mass is 16.5. The molecule has 0 bridgehead atoms. The molecule has 4 nitrogen and oxygen atoms in total. The van der Waals surface area contributed by atoms with Gasteiger partial charge in [0.05, 0.1) is 0 Å². The minimum Gasteiger partial charge on any atom is -0.503 e. The SMILES string of the molecule is O=c1[nH]c(-c2ccc(Oc3ccccc3)cc2)ccc1O. The zero-order valence-corrected chi connectivity index (χ0v) is 11.1. The third kappa shape index (κ3) is 2.95. The highest BCUT2D eigenvalue weighted by Gasteiger charge is 2.03. The average molecular weight is 279 g/mol. The van der Waals surface area contributed by atoms with Gasteiger partial charge in [0.2, 0.25) is 0 Å². The number of rotatable bonds is 3. The number of aromatic nitrogens is 1. The van der Waals surface area contributed by atoms with Crippen molar-refractivity contribution in [2.75, 3.05) is 0 Å². The van der Waals surface area contributed by atoms with Crippen LogP contribution in [0.5, 0.6) is 17.2 Å². The second kappa shape index (κ2) is 5.54. The fourth-order valence-corrected chi connectivity index (χ4v) is 1.96. The molecular weight excluding hydrogens is 266 g/mol. The monoisotopic (exact) mass is 279 g/mol. The fraction of sp³-hybridized carbons (Fsp3) is 0. The minimum atomic E-state index is -0.503. The minimum absolute atomic E-state index is 0.289. The van der Waals surface area contributed by atoms with Gasteiger partial charge in [-0.25, -0.2) is 0 Å². The molecule has 3 aromatic rings. The normalized spacial score (nSPS) is 10.3. The van der Waals surface area contributed by atoms with Crippen molar-refractivity contribution in [3.8, 4) is 28.5 Å². The van der Waals surface area contributed by atoms with E-state index in [4.69, 9.17) is 4.74 Å². The standard InChI is InChI=1S/C17H13NO3/c19-16-11-10-15(18-17(16)20)12-6-8-14(9-7-12)21-13-4-2-1-3-5-13/h1-11,19H,(H,18,20). The van der Waals surface area contributed by atoms with E-state index in [1.54, 1.807) is 6.07 Å². The molecule has 1 aromatic heterocycles. The molecule has 0 saturated heterocycles. The number of aromatic hydroxyl groups is 1. The summed E-state index contributed by atoms with van der Waals surface area (Å²) in [6, 6.07) is 19.9. The number of pyridine rings is 1. The Balaban J connectivity index is 1.83. The van der Waals surface area contributed by atoms with Crippen molar-refractivity contribution in [1.82, 2.24) is 4.98 Å². The topological polar surface area (TPSA) is 62.3 Å². The first kappa shape index (κ1) is 13.0. The van der Waals surface area contributed by atoms with Gasteiger partial charge in [-0.15, -0.1) is 0 Å². The number of hydrogen-bond donors (Lipinski definition) is 2. The molecule has 0 aliphatic carbocycles. The molecule has 0 aliphatic heterocycles. The second-order valence-electron chi connectivity index (χ2n) is 4.53. The Labute approximate surface area is 121 Å². The van der Waals surface area contributed by atoms with Gasteiger partial charge in [-0.3, -0.25) is 4.79 Å². The zero-order chi connectivity index (χ0) is 14.7. The van der Waals surface area contributed by atoms with Crippen molar-refractivity contribution in [3.63, 3.8) is 0 Å². The van der Waals surface area contributed by atoms with E-state index in [-0.39, 0.29) is 5.75 Å². The Morgan fingerprint density at radius 2 is 1.48 bits per heavy atom. The number of nitrogens with one attached hydrogen (secondary N) is 1. The third-order valence-electron chi connectivity index (χ3n) is 3.03. The van der Waals surface area contributed by atoms with Crippen LogP contribution in [0.3, 0.4) is 0 Å². The molecule has 0 unspecified atom stereocenters. The van der Waals surface area contributed by atoms with Crippen LogP contribution in [0.4, 0.5) is 0 Å². The maximum atomic E-state index is 11.4. The molecule has 21 heavy (non-hydrogen) atoms. The number of benzene rings is 2. The van der Waals surface area contributed by atoms with Crippen LogP contribution in [0, 0.1) is 0 Å². The van der Waals surface area contributed by atoms with E-state index in [2.05, 4.69) is 4.98 Å². The van der Waals surface area contributed by atoms with E-state index >= 15 is 0 Å². The first-order chi connectivity index (χ1) is 10.2. The maximum absolute atomic E-state index is 11.4. The van der Waals surface area contributed by atoms with Gasteiger partial charge in [0.1, 0.15) is 11.5 Å². The molecule has 3 rings (SSSR count). The number of hydrogen-bond acceptors (Lipinski definition) is 3. The highest BCUT2D eigenvalue weighted by molar-refractivity contribution is 5.60. The van der Waals surface area contributed by atoms with E-state index in [0.29, 0.717) is 11.4 Å². The Morgan fingerprint density at radius 3 is 2.14 bits per heavy atom. The molecule has 1 heterocycles. The molecule has 0 spiro atoms. The Kier molecular flexibility index (Phi) is 3.43. The summed E-state index contributed by atoms with van der Waals surface area (Å²) < 4.78 is 5.70. The van der Waals surface area contributed by atoms with Crippen LogP contribution < -0.4 is 10.3 Å². The number of ether oxygens (including phenoxy) is 1. The Morgan fingerprint density at radius 1 is 0.810 bits per heavy atom. The lowest BCUT2D eigenvalue weighted by Crippen LogP contribution is -2.05. The summed E-state index contributed by atoms with van der Waals surface area (Å²) in [4.78, 5) is 14.0. The predicted molar refractivity (Wildman–Crippen MR) is 80.7 cm³/mol. The molecule has 4 heteroatoms. The van der Waals surface area contributed by atoms with Crippen molar-refractivity contribution >= 4 is 0 Å².